The lowest BCUT2D eigenvalue weighted by atomic mass is 10.1. The summed E-state index contributed by atoms with van der Waals surface area (Å²) in [5, 5.41) is 7.48. The van der Waals surface area contributed by atoms with Crippen LogP contribution in [0.1, 0.15) is 56.1 Å². The van der Waals surface area contributed by atoms with Gasteiger partial charge in [-0.05, 0) is 50.8 Å². The minimum atomic E-state index is -0.725. The summed E-state index contributed by atoms with van der Waals surface area (Å²) in [6.45, 7) is 12.4. The van der Waals surface area contributed by atoms with E-state index in [2.05, 4.69) is 21.9 Å². The third kappa shape index (κ3) is 8.77. The second kappa shape index (κ2) is 18.2. The highest BCUT2D eigenvalue weighted by molar-refractivity contribution is 7.98. The first-order valence-corrected chi connectivity index (χ1v) is 18.7. The van der Waals surface area contributed by atoms with E-state index in [0.29, 0.717) is 66.5 Å². The van der Waals surface area contributed by atoms with Crippen molar-refractivity contribution in [3.05, 3.63) is 77.2 Å². The molecule has 0 amide bonds. The molecule has 3 N–H and O–H groups in total. The number of fused-ring (bicyclic) bond motifs is 1. The molecule has 1 fully saturated rings. The number of nitrogens with two attached hydrogens (primary N) is 1. The number of nitrogens with zero attached hydrogens (tertiary/aromatic N) is 5. The van der Waals surface area contributed by atoms with E-state index in [1.54, 1.807) is 35.8 Å². The fraction of sp³-hybridized carbons (Fsp3) is 0.395. The van der Waals surface area contributed by atoms with E-state index in [-0.39, 0.29) is 41.4 Å². The van der Waals surface area contributed by atoms with Crippen LogP contribution in [0.3, 0.4) is 0 Å². The van der Waals surface area contributed by atoms with Gasteiger partial charge >= 0.3 is 11.9 Å². The zero-order valence-corrected chi connectivity index (χ0v) is 32.0. The van der Waals surface area contributed by atoms with Crippen molar-refractivity contribution in [1.29, 1.82) is 0 Å². The fourth-order valence-electron chi connectivity index (χ4n) is 6.18. The van der Waals surface area contributed by atoms with Gasteiger partial charge in [0.2, 0.25) is 5.78 Å². The predicted molar refractivity (Wildman–Crippen MR) is 206 cm³/mol. The lowest BCUT2D eigenvalue weighted by molar-refractivity contribution is 0.0358. The average Bonchev–Trinajstić information content (AvgIpc) is 3.70. The number of ether oxygens (including phenoxy) is 4. The maximum atomic E-state index is 15.3. The van der Waals surface area contributed by atoms with E-state index in [1.165, 1.54) is 37.6 Å². The number of nitrogens with one attached hydrogen (secondary N) is 1. The van der Waals surface area contributed by atoms with Crippen LogP contribution in [0.4, 0.5) is 15.8 Å². The minimum absolute atomic E-state index is 0.0628. The molecule has 0 saturated carbocycles. The zero-order chi connectivity index (χ0) is 38.9. The SMILES string of the molecule is C=C(C(=O)c1c(F)c(C)nn1CC)c1nc2cc(C(=O)OC)cc(OCCCN3CCOCC3)c2n1C/C=C/CNc1c(N)cc(C(=O)OC)cc1SC. The van der Waals surface area contributed by atoms with E-state index in [4.69, 9.17) is 29.7 Å². The number of carbonyl (C=O) groups is 3. The Hall–Kier alpha value is -5.19. The van der Waals surface area contributed by atoms with Crippen molar-refractivity contribution < 1.29 is 37.7 Å². The molecule has 1 aliphatic heterocycles. The summed E-state index contributed by atoms with van der Waals surface area (Å²) in [4.78, 5) is 46.7. The average molecular weight is 764 g/mol. The largest absolute Gasteiger partial charge is 0.491 e. The van der Waals surface area contributed by atoms with Gasteiger partial charge in [-0.3, -0.25) is 14.4 Å². The van der Waals surface area contributed by atoms with E-state index < -0.39 is 23.5 Å². The highest BCUT2D eigenvalue weighted by Crippen LogP contribution is 2.34. The molecule has 1 saturated heterocycles. The fourth-order valence-corrected chi connectivity index (χ4v) is 6.81. The Morgan fingerprint density at radius 1 is 1.09 bits per heavy atom. The van der Waals surface area contributed by atoms with E-state index in [1.807, 2.05) is 18.4 Å². The number of aryl methyl sites for hydroxylation is 2. The summed E-state index contributed by atoms with van der Waals surface area (Å²) in [5.74, 6) is -1.93. The summed E-state index contributed by atoms with van der Waals surface area (Å²) < 4.78 is 40.0. The molecule has 14 nitrogen and oxygen atoms in total. The van der Waals surface area contributed by atoms with Gasteiger partial charge in [-0.1, -0.05) is 18.7 Å². The van der Waals surface area contributed by atoms with E-state index in [9.17, 15) is 14.4 Å². The van der Waals surface area contributed by atoms with Gasteiger partial charge in [-0.25, -0.2) is 19.0 Å². The van der Waals surface area contributed by atoms with Gasteiger partial charge < -0.3 is 34.6 Å². The van der Waals surface area contributed by atoms with Crippen LogP contribution in [0, 0.1) is 12.7 Å². The summed E-state index contributed by atoms with van der Waals surface area (Å²) >= 11 is 1.43. The van der Waals surface area contributed by atoms with Crippen molar-refractivity contribution in [3.8, 4) is 5.75 Å². The number of esters is 2. The van der Waals surface area contributed by atoms with Crippen LogP contribution in [0.25, 0.3) is 16.6 Å². The Labute approximate surface area is 317 Å². The molecule has 5 rings (SSSR count). The van der Waals surface area contributed by atoms with Gasteiger partial charge in [-0.2, -0.15) is 5.10 Å². The summed E-state index contributed by atoms with van der Waals surface area (Å²) in [7, 11) is 2.60. The van der Waals surface area contributed by atoms with Gasteiger partial charge in [0.1, 0.15) is 22.8 Å². The van der Waals surface area contributed by atoms with Gasteiger partial charge in [0.25, 0.3) is 0 Å². The highest BCUT2D eigenvalue weighted by atomic mass is 32.2. The molecule has 0 atom stereocenters. The number of hydrogen-bond acceptors (Lipinski definition) is 13. The van der Waals surface area contributed by atoms with Crippen molar-refractivity contribution in [1.82, 2.24) is 24.2 Å². The number of aromatic nitrogens is 4. The minimum Gasteiger partial charge on any atom is -0.491 e. The predicted octanol–water partition coefficient (Wildman–Crippen LogP) is 5.24. The lowest BCUT2D eigenvalue weighted by Gasteiger charge is -2.26. The molecule has 16 heteroatoms. The van der Waals surface area contributed by atoms with Crippen LogP contribution >= 0.6 is 11.8 Å². The molecule has 3 heterocycles. The molecule has 1 aliphatic rings. The van der Waals surface area contributed by atoms with Crippen LogP contribution in [-0.2, 0) is 27.3 Å². The molecule has 0 spiro atoms. The Kier molecular flexibility index (Phi) is 13.5. The second-order valence-corrected chi connectivity index (χ2v) is 13.2. The standard InChI is InChI=1S/C38H46FN7O7S/c1-7-46-34(31(39)24(3)43-46)35(47)23(2)36-42-28-20-26(38(49)51-5)21-29(53-16-10-12-44-14-17-52-18-15-44)33(28)45(36)13-9-8-11-41-32-27(40)19-25(37(48)50-4)22-30(32)54-6/h8-9,19-22,41H,2,7,10-18,40H2,1,3-6H3/b9-8+. The normalized spacial score (nSPS) is 13.4. The molecule has 288 valence electrons. The molecule has 0 unspecified atom stereocenters. The molecule has 4 aromatic rings. The van der Waals surface area contributed by atoms with Crippen LogP contribution < -0.4 is 15.8 Å². The smallest absolute Gasteiger partial charge is 0.338 e. The molecule has 0 radical (unpaired) electrons. The second-order valence-electron chi connectivity index (χ2n) is 12.4. The van der Waals surface area contributed by atoms with Gasteiger partial charge in [-0.15, -0.1) is 11.8 Å². The van der Waals surface area contributed by atoms with Gasteiger partial charge in [0.15, 0.2) is 5.82 Å². The van der Waals surface area contributed by atoms with Crippen molar-refractivity contribution >= 4 is 57.5 Å². The molecule has 54 heavy (non-hydrogen) atoms. The van der Waals surface area contributed by atoms with Crippen LogP contribution in [-0.4, -0.2) is 108 Å². The first-order valence-electron chi connectivity index (χ1n) is 17.5. The zero-order valence-electron chi connectivity index (χ0n) is 31.2. The summed E-state index contributed by atoms with van der Waals surface area (Å²) in [6, 6.07) is 6.44. The number of carbonyl (C=O) groups excluding carboxylic acids is 3. The van der Waals surface area contributed by atoms with Crippen molar-refractivity contribution in [2.24, 2.45) is 0 Å². The number of Topliss-reactive ketones (excluding diaryl/α,β-unsaturated/α-hetero) is 1. The van der Waals surface area contributed by atoms with Crippen LogP contribution in [0.5, 0.6) is 5.75 Å². The lowest BCUT2D eigenvalue weighted by Crippen LogP contribution is -2.37. The molecule has 0 aliphatic carbocycles. The molecule has 2 aromatic carbocycles. The summed E-state index contributed by atoms with van der Waals surface area (Å²) in [6.07, 6.45) is 6.33. The number of imidazole rings is 1. The van der Waals surface area contributed by atoms with Crippen LogP contribution in [0.2, 0.25) is 0 Å². The summed E-state index contributed by atoms with van der Waals surface area (Å²) in [5.41, 5.74) is 8.62. The monoisotopic (exact) mass is 763 g/mol. The topological polar surface area (TPSA) is 165 Å². The quantitative estimate of drug-likeness (QED) is 0.0273. The number of anilines is 2. The first-order chi connectivity index (χ1) is 26.0. The Balaban J connectivity index is 1.50. The van der Waals surface area contributed by atoms with Crippen molar-refractivity contribution in [3.63, 3.8) is 0 Å². The third-order valence-corrected chi connectivity index (χ3v) is 9.71. The number of benzene rings is 2. The number of thioether (sulfide) groups is 1. The Morgan fingerprint density at radius 2 is 1.80 bits per heavy atom. The maximum Gasteiger partial charge on any atom is 0.338 e. The van der Waals surface area contributed by atoms with Crippen molar-refractivity contribution in [2.45, 2.75) is 38.3 Å². The molecule has 2 aromatic heterocycles. The number of allylic oxidation sites excluding steroid dienone is 2. The number of morpholine rings is 1. The Morgan fingerprint density at radius 3 is 2.46 bits per heavy atom. The maximum absolute atomic E-state index is 15.3. The van der Waals surface area contributed by atoms with Gasteiger partial charge in [0, 0.05) is 44.2 Å². The number of ketones is 1. The number of rotatable bonds is 17. The number of hydrogen-bond donors (Lipinski definition) is 2. The van der Waals surface area contributed by atoms with Gasteiger partial charge in [0.05, 0.1) is 73.3 Å². The van der Waals surface area contributed by atoms with E-state index in [0.717, 1.165) is 24.5 Å². The van der Waals surface area contributed by atoms with Crippen molar-refractivity contribution in [2.75, 3.05) is 77.5 Å². The van der Waals surface area contributed by atoms with Crippen LogP contribution in [0.15, 0.2) is 47.9 Å². The number of halogens is 1. The molecular weight excluding hydrogens is 718 g/mol. The first kappa shape index (κ1) is 40.0. The number of nitrogen functional groups attached to an aromatic ring is 1. The number of methoxy groups -OCH3 is 2. The highest BCUT2D eigenvalue weighted by Gasteiger charge is 2.28. The Bertz CT molecular complexity index is 2070. The van der Waals surface area contributed by atoms with E-state index >= 15 is 4.39 Å². The molecular formula is C38H46FN7O7S. The third-order valence-electron chi connectivity index (χ3n) is 8.95. The molecule has 0 bridgehead atoms.